The van der Waals surface area contributed by atoms with Gasteiger partial charge in [0.25, 0.3) is 0 Å². The molecule has 0 saturated carbocycles. The fourth-order valence-corrected chi connectivity index (χ4v) is 6.44. The average molecular weight is 547 g/mol. The summed E-state index contributed by atoms with van der Waals surface area (Å²) in [6, 6.07) is 5.46. The van der Waals surface area contributed by atoms with E-state index in [0.717, 1.165) is 47.7 Å². The highest BCUT2D eigenvalue weighted by Crippen LogP contribution is 2.50. The molecule has 1 N–H and O–H groups in total. The van der Waals surface area contributed by atoms with Crippen LogP contribution in [0.3, 0.4) is 0 Å². The first-order valence-electron chi connectivity index (χ1n) is 12.7. The molecule has 1 aliphatic carbocycles. The van der Waals surface area contributed by atoms with Gasteiger partial charge in [0, 0.05) is 29.6 Å². The van der Waals surface area contributed by atoms with Gasteiger partial charge in [0.2, 0.25) is 11.8 Å². The molecule has 0 radical (unpaired) electrons. The molecule has 0 spiro atoms. The summed E-state index contributed by atoms with van der Waals surface area (Å²) in [7, 11) is 1.68. The molecule has 6 nitrogen and oxygen atoms in total. The number of hydrogen-bond donors (Lipinski definition) is 1. The SMILES string of the molecule is CCC/C(=C\c1cc(Br)ccc1O)CC[C@H]1OC[C@H]2C1=C(COC)C[C@H]1C(=O)N(CCC)C(=O)[C@H]12. The number of rotatable bonds is 10. The van der Waals surface area contributed by atoms with Crippen LogP contribution in [-0.4, -0.2) is 54.8 Å². The summed E-state index contributed by atoms with van der Waals surface area (Å²) >= 11 is 3.49. The molecule has 190 valence electrons. The van der Waals surface area contributed by atoms with Gasteiger partial charge in [-0.15, -0.1) is 0 Å². The topological polar surface area (TPSA) is 76.1 Å². The first kappa shape index (κ1) is 26.1. The summed E-state index contributed by atoms with van der Waals surface area (Å²) in [6.07, 6.45) is 6.95. The molecule has 2 saturated heterocycles. The Hall–Kier alpha value is -1.96. The lowest BCUT2D eigenvalue weighted by Crippen LogP contribution is -2.35. The van der Waals surface area contributed by atoms with E-state index in [4.69, 9.17) is 9.47 Å². The molecule has 4 atom stereocenters. The lowest BCUT2D eigenvalue weighted by atomic mass is 9.69. The van der Waals surface area contributed by atoms with Crippen LogP contribution in [0.2, 0.25) is 0 Å². The Morgan fingerprint density at radius 1 is 1.20 bits per heavy atom. The van der Waals surface area contributed by atoms with E-state index < -0.39 is 0 Å². The number of ether oxygens (including phenoxy) is 2. The van der Waals surface area contributed by atoms with Crippen LogP contribution in [0.15, 0.2) is 39.4 Å². The number of aromatic hydroxyl groups is 1. The van der Waals surface area contributed by atoms with Crippen molar-refractivity contribution in [3.05, 3.63) is 45.0 Å². The summed E-state index contributed by atoms with van der Waals surface area (Å²) in [5.41, 5.74) is 4.39. The number of fused-ring (bicyclic) bond motifs is 3. The van der Waals surface area contributed by atoms with Gasteiger partial charge in [-0.1, -0.05) is 47.8 Å². The van der Waals surface area contributed by atoms with Crippen LogP contribution in [0.5, 0.6) is 5.75 Å². The Balaban J connectivity index is 1.56. The zero-order chi connectivity index (χ0) is 25.1. The summed E-state index contributed by atoms with van der Waals surface area (Å²) in [5.74, 6) is -0.427. The van der Waals surface area contributed by atoms with E-state index in [1.54, 1.807) is 13.2 Å². The van der Waals surface area contributed by atoms with E-state index in [1.807, 2.05) is 19.1 Å². The third kappa shape index (κ3) is 5.27. The zero-order valence-corrected chi connectivity index (χ0v) is 22.5. The Bertz CT molecular complexity index is 1030. The van der Waals surface area contributed by atoms with Gasteiger partial charge in [-0.05, 0) is 61.4 Å². The van der Waals surface area contributed by atoms with Crippen LogP contribution in [0.4, 0.5) is 0 Å². The zero-order valence-electron chi connectivity index (χ0n) is 20.9. The maximum atomic E-state index is 13.2. The monoisotopic (exact) mass is 545 g/mol. The Kier molecular flexibility index (Phi) is 8.50. The maximum Gasteiger partial charge on any atom is 0.233 e. The van der Waals surface area contributed by atoms with E-state index in [1.165, 1.54) is 16.0 Å². The normalized spacial score (nSPS) is 26.5. The lowest BCUT2D eigenvalue weighted by molar-refractivity contribution is -0.140. The van der Waals surface area contributed by atoms with Crippen LogP contribution >= 0.6 is 15.9 Å². The first-order valence-corrected chi connectivity index (χ1v) is 13.5. The maximum absolute atomic E-state index is 13.2. The van der Waals surface area contributed by atoms with Crippen molar-refractivity contribution < 1.29 is 24.2 Å². The molecular weight excluding hydrogens is 510 g/mol. The number of allylic oxidation sites excluding steroid dienone is 1. The van der Waals surface area contributed by atoms with Crippen molar-refractivity contribution >= 4 is 33.8 Å². The number of amides is 2. The molecule has 0 unspecified atom stereocenters. The number of phenols is 1. The van der Waals surface area contributed by atoms with Gasteiger partial charge in [0.15, 0.2) is 0 Å². The second kappa shape index (κ2) is 11.4. The fourth-order valence-electron chi connectivity index (χ4n) is 6.06. The van der Waals surface area contributed by atoms with Crippen molar-refractivity contribution in [2.24, 2.45) is 17.8 Å². The molecule has 1 aromatic carbocycles. The van der Waals surface area contributed by atoms with Crippen molar-refractivity contribution in [1.29, 1.82) is 0 Å². The quantitative estimate of drug-likeness (QED) is 0.310. The lowest BCUT2D eigenvalue weighted by Gasteiger charge is -2.31. The second-order valence-corrected chi connectivity index (χ2v) is 10.8. The van der Waals surface area contributed by atoms with Gasteiger partial charge < -0.3 is 14.6 Å². The standard InChI is InChI=1S/C28H36BrNO5/c1-4-6-17(12-18-13-20(29)8-9-23(18)31)7-10-24-25-19(15-34-3)14-21-26(22(25)16-35-24)28(33)30(11-5-2)27(21)32/h8-9,12-13,21-22,24,26,31H,4-7,10-11,14-16H2,1-3H3/b17-12+/t21-,22+,24-,26-/m1/s1. The van der Waals surface area contributed by atoms with Crippen LogP contribution in [0.1, 0.15) is 57.9 Å². The number of likely N-dealkylation sites (tertiary alicyclic amines) is 1. The number of benzene rings is 1. The molecule has 3 aliphatic rings. The summed E-state index contributed by atoms with van der Waals surface area (Å²) in [5, 5.41) is 10.3. The Morgan fingerprint density at radius 2 is 2.00 bits per heavy atom. The van der Waals surface area contributed by atoms with Gasteiger partial charge >= 0.3 is 0 Å². The number of methoxy groups -OCH3 is 1. The predicted octanol–water partition coefficient (Wildman–Crippen LogP) is 5.49. The van der Waals surface area contributed by atoms with Crippen molar-refractivity contribution in [3.63, 3.8) is 0 Å². The van der Waals surface area contributed by atoms with Crippen LogP contribution in [0, 0.1) is 17.8 Å². The van der Waals surface area contributed by atoms with E-state index in [-0.39, 0.29) is 41.4 Å². The predicted molar refractivity (Wildman–Crippen MR) is 139 cm³/mol. The Morgan fingerprint density at radius 3 is 2.71 bits per heavy atom. The molecule has 2 amide bonds. The number of nitrogens with zero attached hydrogens (tertiary/aromatic N) is 1. The summed E-state index contributed by atoms with van der Waals surface area (Å²) < 4.78 is 12.8. The molecule has 7 heteroatoms. The van der Waals surface area contributed by atoms with Gasteiger partial charge in [0.1, 0.15) is 5.75 Å². The molecule has 0 aromatic heterocycles. The smallest absolute Gasteiger partial charge is 0.233 e. The number of carbonyl (C=O) groups is 2. The molecular formula is C28H36BrNO5. The number of halogens is 1. The second-order valence-electron chi connectivity index (χ2n) is 9.88. The summed E-state index contributed by atoms with van der Waals surface area (Å²) in [6.45, 7) is 5.58. The fraction of sp³-hybridized carbons (Fsp3) is 0.571. The molecule has 2 heterocycles. The van der Waals surface area contributed by atoms with Crippen molar-refractivity contribution in [1.82, 2.24) is 4.90 Å². The van der Waals surface area contributed by atoms with Gasteiger partial charge in [-0.3, -0.25) is 14.5 Å². The van der Waals surface area contributed by atoms with E-state index in [0.29, 0.717) is 26.2 Å². The van der Waals surface area contributed by atoms with Crippen LogP contribution in [0.25, 0.3) is 6.08 Å². The van der Waals surface area contributed by atoms with Crippen molar-refractivity contribution in [2.45, 2.75) is 58.5 Å². The number of hydrogen-bond acceptors (Lipinski definition) is 5. The van der Waals surface area contributed by atoms with Gasteiger partial charge in [0.05, 0.1) is 31.2 Å². The first-order chi connectivity index (χ1) is 16.9. The minimum absolute atomic E-state index is 0.0261. The van der Waals surface area contributed by atoms with Crippen molar-refractivity contribution in [3.8, 4) is 5.75 Å². The number of imide groups is 1. The molecule has 4 rings (SSSR count). The molecule has 2 aliphatic heterocycles. The van der Waals surface area contributed by atoms with Gasteiger partial charge in [-0.2, -0.15) is 0 Å². The van der Waals surface area contributed by atoms with E-state index >= 15 is 0 Å². The minimum atomic E-state index is -0.307. The van der Waals surface area contributed by atoms with E-state index in [2.05, 4.69) is 28.9 Å². The van der Waals surface area contributed by atoms with E-state index in [9.17, 15) is 14.7 Å². The van der Waals surface area contributed by atoms with Crippen LogP contribution in [-0.2, 0) is 19.1 Å². The molecule has 1 aromatic rings. The molecule has 0 bridgehead atoms. The number of phenolic OH excluding ortho intramolecular Hbond substituents is 1. The molecule has 2 fully saturated rings. The highest BCUT2D eigenvalue weighted by Gasteiger charge is 2.56. The van der Waals surface area contributed by atoms with Gasteiger partial charge in [-0.25, -0.2) is 0 Å². The molecule has 35 heavy (non-hydrogen) atoms. The Labute approximate surface area is 216 Å². The average Bonchev–Trinajstić information content (AvgIpc) is 3.35. The number of carbonyl (C=O) groups excluding carboxylic acids is 2. The highest BCUT2D eigenvalue weighted by atomic mass is 79.9. The minimum Gasteiger partial charge on any atom is -0.507 e. The summed E-state index contributed by atoms with van der Waals surface area (Å²) in [4.78, 5) is 27.7. The largest absolute Gasteiger partial charge is 0.507 e. The third-order valence-electron chi connectivity index (χ3n) is 7.51. The third-order valence-corrected chi connectivity index (χ3v) is 8.01. The van der Waals surface area contributed by atoms with Crippen LogP contribution < -0.4 is 0 Å². The highest BCUT2D eigenvalue weighted by molar-refractivity contribution is 9.10. The van der Waals surface area contributed by atoms with Crippen molar-refractivity contribution in [2.75, 3.05) is 26.9 Å².